The van der Waals surface area contributed by atoms with Crippen molar-refractivity contribution in [1.29, 1.82) is 0 Å². The molecule has 0 N–H and O–H groups in total. The minimum Gasteiger partial charge on any atom is -0.479 e. The molecule has 1 aromatic carbocycles. The minimum absolute atomic E-state index is 0.117. The molecule has 2 amide bonds. The number of fused-ring (bicyclic) bond motifs is 1. The van der Waals surface area contributed by atoms with Gasteiger partial charge in [0.25, 0.3) is 5.91 Å². The van der Waals surface area contributed by atoms with E-state index < -0.39 is 18.8 Å². The molecule has 0 aromatic heterocycles. The number of hydrogen-bond donors (Lipinski definition) is 0. The van der Waals surface area contributed by atoms with Crippen LogP contribution >= 0.6 is 0 Å². The van der Waals surface area contributed by atoms with Crippen molar-refractivity contribution in [3.8, 4) is 5.75 Å². The number of ether oxygens (including phenoxy) is 1. The first-order chi connectivity index (χ1) is 13.2. The Hall–Kier alpha value is -2.29. The molecule has 1 unspecified atom stereocenters. The van der Waals surface area contributed by atoms with Crippen LogP contribution in [0.1, 0.15) is 19.8 Å². The molecule has 154 valence electrons. The SMILES string of the molecule is CC1Oc2ccccc2N(CCC(=O)N2CCCN(CC(F)(F)F)CC2)C1=O. The molecule has 0 spiro atoms. The Morgan fingerprint density at radius 3 is 2.68 bits per heavy atom. The predicted molar refractivity (Wildman–Crippen MR) is 97.2 cm³/mol. The van der Waals surface area contributed by atoms with Crippen LogP contribution in [0.4, 0.5) is 18.9 Å². The van der Waals surface area contributed by atoms with Gasteiger partial charge in [0.1, 0.15) is 5.75 Å². The average Bonchev–Trinajstić information content (AvgIpc) is 2.86. The first kappa shape index (κ1) is 20.4. The van der Waals surface area contributed by atoms with Crippen molar-refractivity contribution in [3.63, 3.8) is 0 Å². The molecule has 3 rings (SSSR count). The second-order valence-corrected chi connectivity index (χ2v) is 7.09. The van der Waals surface area contributed by atoms with Gasteiger partial charge in [-0.25, -0.2) is 0 Å². The number of carbonyl (C=O) groups is 2. The predicted octanol–water partition coefficient (Wildman–Crippen LogP) is 2.29. The largest absolute Gasteiger partial charge is 0.479 e. The zero-order valence-corrected chi connectivity index (χ0v) is 15.7. The lowest BCUT2D eigenvalue weighted by Gasteiger charge is -2.33. The molecule has 28 heavy (non-hydrogen) atoms. The Bertz CT molecular complexity index is 726. The van der Waals surface area contributed by atoms with Crippen LogP contribution in [0, 0.1) is 0 Å². The second-order valence-electron chi connectivity index (χ2n) is 7.09. The highest BCUT2D eigenvalue weighted by Gasteiger charge is 2.33. The third-order valence-electron chi connectivity index (χ3n) is 4.97. The summed E-state index contributed by atoms with van der Waals surface area (Å²) < 4.78 is 43.3. The lowest BCUT2D eigenvalue weighted by molar-refractivity contribution is -0.145. The van der Waals surface area contributed by atoms with Gasteiger partial charge >= 0.3 is 6.18 Å². The molecule has 2 aliphatic rings. The molecule has 1 atom stereocenters. The second kappa shape index (κ2) is 8.38. The third kappa shape index (κ3) is 4.95. The molecule has 1 aromatic rings. The number of para-hydroxylation sites is 2. The zero-order valence-electron chi connectivity index (χ0n) is 15.7. The molecule has 2 heterocycles. The van der Waals surface area contributed by atoms with Gasteiger partial charge in [0, 0.05) is 39.1 Å². The van der Waals surface area contributed by atoms with Gasteiger partial charge in [-0.3, -0.25) is 14.5 Å². The van der Waals surface area contributed by atoms with E-state index in [0.29, 0.717) is 30.9 Å². The van der Waals surface area contributed by atoms with Crippen LogP contribution in [-0.4, -0.2) is 73.2 Å². The maximum absolute atomic E-state index is 12.6. The summed E-state index contributed by atoms with van der Waals surface area (Å²) in [7, 11) is 0. The highest BCUT2D eigenvalue weighted by atomic mass is 19.4. The van der Waals surface area contributed by atoms with E-state index in [1.165, 1.54) is 4.90 Å². The Labute approximate surface area is 161 Å². The summed E-state index contributed by atoms with van der Waals surface area (Å²) in [5, 5.41) is 0. The molecular formula is C19H24F3N3O3. The van der Waals surface area contributed by atoms with Crippen molar-refractivity contribution in [2.45, 2.75) is 32.0 Å². The van der Waals surface area contributed by atoms with Gasteiger partial charge in [0.15, 0.2) is 6.10 Å². The number of nitrogens with zero attached hydrogens (tertiary/aromatic N) is 3. The standard InChI is InChI=1S/C19H24F3N3O3/c1-14-18(27)25(15-5-2-3-6-16(15)28-14)10-7-17(26)24-9-4-8-23(11-12-24)13-19(20,21)22/h2-3,5-6,14H,4,7-13H2,1H3. The van der Waals surface area contributed by atoms with Crippen molar-refractivity contribution in [1.82, 2.24) is 9.80 Å². The van der Waals surface area contributed by atoms with E-state index >= 15 is 0 Å². The van der Waals surface area contributed by atoms with Crippen molar-refractivity contribution in [2.75, 3.05) is 44.2 Å². The number of benzene rings is 1. The van der Waals surface area contributed by atoms with Gasteiger partial charge in [-0.05, 0) is 25.5 Å². The smallest absolute Gasteiger partial charge is 0.401 e. The number of carbonyl (C=O) groups excluding carboxylic acids is 2. The van der Waals surface area contributed by atoms with Crippen molar-refractivity contribution < 1.29 is 27.5 Å². The van der Waals surface area contributed by atoms with Gasteiger partial charge < -0.3 is 14.5 Å². The lowest BCUT2D eigenvalue weighted by atomic mass is 10.1. The number of halogens is 3. The van der Waals surface area contributed by atoms with Crippen molar-refractivity contribution in [3.05, 3.63) is 24.3 Å². The summed E-state index contributed by atoms with van der Waals surface area (Å²) in [5.41, 5.74) is 0.630. The molecule has 0 radical (unpaired) electrons. The number of hydrogen-bond acceptors (Lipinski definition) is 4. The van der Waals surface area contributed by atoms with Crippen molar-refractivity contribution >= 4 is 17.5 Å². The summed E-state index contributed by atoms with van der Waals surface area (Å²) in [6.07, 6.45) is -4.25. The summed E-state index contributed by atoms with van der Waals surface area (Å²) in [5.74, 6) is 0.233. The molecule has 9 heteroatoms. The quantitative estimate of drug-likeness (QED) is 0.780. The van der Waals surface area contributed by atoms with Crippen LogP contribution < -0.4 is 9.64 Å². The maximum Gasteiger partial charge on any atom is 0.401 e. The molecule has 0 saturated carbocycles. The Morgan fingerprint density at radius 2 is 1.93 bits per heavy atom. The topological polar surface area (TPSA) is 53.1 Å². The van der Waals surface area contributed by atoms with Crippen LogP contribution in [0.3, 0.4) is 0 Å². The highest BCUT2D eigenvalue weighted by molar-refractivity contribution is 6.00. The molecule has 2 aliphatic heterocycles. The minimum atomic E-state index is -4.24. The number of anilines is 1. The fourth-order valence-electron chi connectivity index (χ4n) is 3.59. The fourth-order valence-corrected chi connectivity index (χ4v) is 3.59. The van der Waals surface area contributed by atoms with E-state index in [2.05, 4.69) is 0 Å². The van der Waals surface area contributed by atoms with E-state index in [-0.39, 0.29) is 37.9 Å². The van der Waals surface area contributed by atoms with Crippen LogP contribution in [0.15, 0.2) is 24.3 Å². The Morgan fingerprint density at radius 1 is 1.18 bits per heavy atom. The summed E-state index contributed by atoms with van der Waals surface area (Å²) >= 11 is 0. The van der Waals surface area contributed by atoms with Gasteiger partial charge in [-0.1, -0.05) is 12.1 Å². The average molecular weight is 399 g/mol. The molecule has 0 aliphatic carbocycles. The van der Waals surface area contributed by atoms with E-state index in [0.717, 1.165) is 0 Å². The number of amides is 2. The third-order valence-corrected chi connectivity index (χ3v) is 4.97. The first-order valence-corrected chi connectivity index (χ1v) is 9.38. The van der Waals surface area contributed by atoms with Gasteiger partial charge in [0.05, 0.1) is 12.2 Å². The summed E-state index contributed by atoms with van der Waals surface area (Å²) in [4.78, 5) is 29.5. The van der Waals surface area contributed by atoms with Crippen LogP contribution in [0.5, 0.6) is 5.75 Å². The summed E-state index contributed by atoms with van der Waals surface area (Å²) in [6.45, 7) is 2.13. The van der Waals surface area contributed by atoms with Crippen LogP contribution in [-0.2, 0) is 9.59 Å². The first-order valence-electron chi connectivity index (χ1n) is 9.38. The fraction of sp³-hybridized carbons (Fsp3) is 0.579. The van der Waals surface area contributed by atoms with E-state index in [1.54, 1.807) is 34.9 Å². The summed E-state index contributed by atoms with van der Waals surface area (Å²) in [6, 6.07) is 7.15. The zero-order chi connectivity index (χ0) is 20.3. The number of rotatable bonds is 4. The van der Waals surface area contributed by atoms with Crippen molar-refractivity contribution in [2.24, 2.45) is 0 Å². The number of alkyl halides is 3. The Kier molecular flexibility index (Phi) is 6.12. The van der Waals surface area contributed by atoms with Gasteiger partial charge in [0.2, 0.25) is 5.91 Å². The monoisotopic (exact) mass is 399 g/mol. The van der Waals surface area contributed by atoms with Gasteiger partial charge in [-0.2, -0.15) is 13.2 Å². The molecule has 1 fully saturated rings. The molecule has 6 nitrogen and oxygen atoms in total. The molecule has 1 saturated heterocycles. The Balaban J connectivity index is 1.57. The maximum atomic E-state index is 12.6. The van der Waals surface area contributed by atoms with E-state index in [1.807, 2.05) is 6.07 Å². The van der Waals surface area contributed by atoms with Crippen LogP contribution in [0.2, 0.25) is 0 Å². The lowest BCUT2D eigenvalue weighted by Crippen LogP contribution is -2.46. The van der Waals surface area contributed by atoms with E-state index in [9.17, 15) is 22.8 Å². The molecular weight excluding hydrogens is 375 g/mol. The highest BCUT2D eigenvalue weighted by Crippen LogP contribution is 2.33. The van der Waals surface area contributed by atoms with Crippen LogP contribution in [0.25, 0.3) is 0 Å². The van der Waals surface area contributed by atoms with E-state index in [4.69, 9.17) is 4.74 Å². The van der Waals surface area contributed by atoms with Gasteiger partial charge in [-0.15, -0.1) is 0 Å². The molecule has 0 bridgehead atoms. The normalized spacial score (nSPS) is 21.1.